The molecule has 6 nitrogen and oxygen atoms in total. The summed E-state index contributed by atoms with van der Waals surface area (Å²) in [6, 6.07) is 17.0. The fourth-order valence-electron chi connectivity index (χ4n) is 2.65. The standard InChI is InChI=1S/C21H16FN3O3/c1-13-2-4-15(5-3-13)20-10-17(25-28-20)12-27-21(26)19-11-18(23-24-19)14-6-8-16(22)9-7-14/h2-11H,12H2,1H3,(H,23,24). The molecule has 0 amide bonds. The summed E-state index contributed by atoms with van der Waals surface area (Å²) >= 11 is 0. The van der Waals surface area contributed by atoms with Gasteiger partial charge in [-0.25, -0.2) is 9.18 Å². The average molecular weight is 377 g/mol. The summed E-state index contributed by atoms with van der Waals surface area (Å²) in [5, 5.41) is 10.6. The normalized spacial score (nSPS) is 10.8. The Bertz CT molecular complexity index is 1100. The molecule has 2 heterocycles. The number of aromatic amines is 1. The average Bonchev–Trinajstić information content (AvgIpc) is 3.37. The molecule has 2 aromatic carbocycles. The summed E-state index contributed by atoms with van der Waals surface area (Å²) in [5.74, 6) is -0.302. The molecule has 4 rings (SSSR count). The van der Waals surface area contributed by atoms with E-state index < -0.39 is 5.97 Å². The summed E-state index contributed by atoms with van der Waals surface area (Å²) in [4.78, 5) is 12.2. The van der Waals surface area contributed by atoms with Crippen LogP contribution in [0.4, 0.5) is 4.39 Å². The van der Waals surface area contributed by atoms with E-state index in [1.54, 1.807) is 24.3 Å². The second-order valence-electron chi connectivity index (χ2n) is 6.30. The number of hydrogen-bond donors (Lipinski definition) is 1. The van der Waals surface area contributed by atoms with Gasteiger partial charge in [0.2, 0.25) is 0 Å². The highest BCUT2D eigenvalue weighted by Gasteiger charge is 2.14. The SMILES string of the molecule is Cc1ccc(-c2cc(COC(=O)c3cc(-c4ccc(F)cc4)n[nH]3)no2)cc1. The first-order valence-electron chi connectivity index (χ1n) is 8.59. The van der Waals surface area contributed by atoms with Crippen molar-refractivity contribution in [2.45, 2.75) is 13.5 Å². The molecule has 7 heteroatoms. The number of benzene rings is 2. The van der Waals surface area contributed by atoms with Crippen LogP contribution in [0.25, 0.3) is 22.6 Å². The van der Waals surface area contributed by atoms with E-state index in [9.17, 15) is 9.18 Å². The lowest BCUT2D eigenvalue weighted by molar-refractivity contribution is 0.0457. The van der Waals surface area contributed by atoms with Gasteiger partial charge >= 0.3 is 5.97 Å². The van der Waals surface area contributed by atoms with Crippen LogP contribution in [0.3, 0.4) is 0 Å². The van der Waals surface area contributed by atoms with Crippen molar-refractivity contribution < 1.29 is 18.4 Å². The molecule has 140 valence electrons. The molecule has 0 aliphatic rings. The predicted octanol–water partition coefficient (Wildman–Crippen LogP) is 4.54. The molecule has 0 fully saturated rings. The summed E-state index contributed by atoms with van der Waals surface area (Å²) in [6.45, 7) is 1.98. The van der Waals surface area contributed by atoms with Gasteiger partial charge in [0.05, 0.1) is 5.69 Å². The smallest absolute Gasteiger partial charge is 0.356 e. The maximum absolute atomic E-state index is 13.0. The third-order valence-electron chi connectivity index (χ3n) is 4.18. The summed E-state index contributed by atoms with van der Waals surface area (Å²) in [7, 11) is 0. The quantitative estimate of drug-likeness (QED) is 0.517. The maximum atomic E-state index is 13.0. The first-order chi connectivity index (χ1) is 13.6. The Labute approximate surface area is 160 Å². The van der Waals surface area contributed by atoms with E-state index in [-0.39, 0.29) is 18.1 Å². The minimum Gasteiger partial charge on any atom is -0.454 e. The monoisotopic (exact) mass is 377 g/mol. The van der Waals surface area contributed by atoms with Gasteiger partial charge < -0.3 is 9.26 Å². The zero-order valence-corrected chi connectivity index (χ0v) is 15.0. The van der Waals surface area contributed by atoms with Gasteiger partial charge in [0, 0.05) is 17.2 Å². The number of nitrogens with one attached hydrogen (secondary N) is 1. The molecular weight excluding hydrogens is 361 g/mol. The Kier molecular flexibility index (Phi) is 4.72. The molecule has 0 atom stereocenters. The number of hydrogen-bond acceptors (Lipinski definition) is 5. The van der Waals surface area contributed by atoms with E-state index in [4.69, 9.17) is 9.26 Å². The molecule has 0 bridgehead atoms. The van der Waals surface area contributed by atoms with E-state index in [2.05, 4.69) is 15.4 Å². The zero-order valence-electron chi connectivity index (χ0n) is 15.0. The van der Waals surface area contributed by atoms with Crippen molar-refractivity contribution in [3.63, 3.8) is 0 Å². The fraction of sp³-hybridized carbons (Fsp3) is 0.0952. The molecule has 1 N–H and O–H groups in total. The van der Waals surface area contributed by atoms with E-state index in [1.165, 1.54) is 12.1 Å². The second kappa shape index (κ2) is 7.48. The van der Waals surface area contributed by atoms with E-state index >= 15 is 0 Å². The molecule has 0 radical (unpaired) electrons. The topological polar surface area (TPSA) is 81.0 Å². The Morgan fingerprint density at radius 1 is 1.07 bits per heavy atom. The molecule has 0 aliphatic heterocycles. The highest BCUT2D eigenvalue weighted by molar-refractivity contribution is 5.88. The van der Waals surface area contributed by atoms with E-state index in [1.807, 2.05) is 31.2 Å². The van der Waals surface area contributed by atoms with Crippen LogP contribution >= 0.6 is 0 Å². The molecule has 0 spiro atoms. The van der Waals surface area contributed by atoms with Gasteiger partial charge in [-0.1, -0.05) is 35.0 Å². The largest absolute Gasteiger partial charge is 0.454 e. The Balaban J connectivity index is 1.40. The van der Waals surface area contributed by atoms with Crippen molar-refractivity contribution in [2.75, 3.05) is 0 Å². The minimum absolute atomic E-state index is 0.0287. The number of halogens is 1. The molecule has 0 aliphatic carbocycles. The lowest BCUT2D eigenvalue weighted by Crippen LogP contribution is -2.05. The van der Waals surface area contributed by atoms with Crippen LogP contribution in [-0.2, 0) is 11.3 Å². The van der Waals surface area contributed by atoms with E-state index in [0.717, 1.165) is 11.1 Å². The van der Waals surface area contributed by atoms with Gasteiger partial charge in [0.25, 0.3) is 0 Å². The third kappa shape index (κ3) is 3.83. The van der Waals surface area contributed by atoms with Gasteiger partial charge in [-0.15, -0.1) is 0 Å². The van der Waals surface area contributed by atoms with Gasteiger partial charge in [0.1, 0.15) is 23.8 Å². The number of carbonyl (C=O) groups excluding carboxylic acids is 1. The molecule has 4 aromatic rings. The number of aryl methyl sites for hydroxylation is 1. The summed E-state index contributed by atoms with van der Waals surface area (Å²) in [6.07, 6.45) is 0. The lowest BCUT2D eigenvalue weighted by atomic mass is 10.1. The second-order valence-corrected chi connectivity index (χ2v) is 6.30. The number of H-pyrrole nitrogens is 1. The van der Waals surface area contributed by atoms with Crippen LogP contribution in [-0.4, -0.2) is 21.3 Å². The minimum atomic E-state index is -0.569. The number of esters is 1. The van der Waals surface area contributed by atoms with Crippen molar-refractivity contribution in [3.05, 3.63) is 83.4 Å². The van der Waals surface area contributed by atoms with Crippen LogP contribution < -0.4 is 0 Å². The van der Waals surface area contributed by atoms with Crippen molar-refractivity contribution in [3.8, 4) is 22.6 Å². The van der Waals surface area contributed by atoms with Gasteiger partial charge in [-0.2, -0.15) is 5.10 Å². The maximum Gasteiger partial charge on any atom is 0.356 e. The van der Waals surface area contributed by atoms with E-state index in [0.29, 0.717) is 22.7 Å². The molecule has 0 saturated carbocycles. The number of ether oxygens (including phenoxy) is 1. The Hall–Kier alpha value is -3.74. The first kappa shape index (κ1) is 17.7. The highest BCUT2D eigenvalue weighted by atomic mass is 19.1. The molecule has 0 saturated heterocycles. The first-order valence-corrected chi connectivity index (χ1v) is 8.59. The van der Waals surface area contributed by atoms with Crippen LogP contribution in [0.15, 0.2) is 65.2 Å². The van der Waals surface area contributed by atoms with Gasteiger partial charge in [-0.3, -0.25) is 5.10 Å². The summed E-state index contributed by atoms with van der Waals surface area (Å²) in [5.41, 5.74) is 3.96. The van der Waals surface area contributed by atoms with Crippen LogP contribution in [0.5, 0.6) is 0 Å². The number of nitrogens with zero attached hydrogens (tertiary/aromatic N) is 2. The summed E-state index contributed by atoms with van der Waals surface area (Å²) < 4.78 is 23.6. The molecular formula is C21H16FN3O3. The Morgan fingerprint density at radius 3 is 2.54 bits per heavy atom. The third-order valence-corrected chi connectivity index (χ3v) is 4.18. The van der Waals surface area contributed by atoms with Crippen molar-refractivity contribution in [2.24, 2.45) is 0 Å². The number of carbonyl (C=O) groups is 1. The van der Waals surface area contributed by atoms with Crippen LogP contribution in [0.1, 0.15) is 21.7 Å². The molecule has 28 heavy (non-hydrogen) atoms. The van der Waals surface area contributed by atoms with Crippen molar-refractivity contribution >= 4 is 5.97 Å². The van der Waals surface area contributed by atoms with Crippen LogP contribution in [0.2, 0.25) is 0 Å². The zero-order chi connectivity index (χ0) is 19.5. The van der Waals surface area contributed by atoms with Gasteiger partial charge in [-0.05, 0) is 37.3 Å². The van der Waals surface area contributed by atoms with Crippen LogP contribution in [0, 0.1) is 12.7 Å². The molecule has 2 aromatic heterocycles. The molecule has 0 unspecified atom stereocenters. The number of aromatic nitrogens is 3. The van der Waals surface area contributed by atoms with Crippen molar-refractivity contribution in [1.82, 2.24) is 15.4 Å². The lowest BCUT2D eigenvalue weighted by Gasteiger charge is -1.99. The number of rotatable bonds is 5. The van der Waals surface area contributed by atoms with Gasteiger partial charge in [0.15, 0.2) is 5.76 Å². The Morgan fingerprint density at radius 2 is 1.79 bits per heavy atom. The fourth-order valence-corrected chi connectivity index (χ4v) is 2.65. The predicted molar refractivity (Wildman–Crippen MR) is 99.8 cm³/mol. The van der Waals surface area contributed by atoms with Crippen molar-refractivity contribution in [1.29, 1.82) is 0 Å². The highest BCUT2D eigenvalue weighted by Crippen LogP contribution is 2.22.